The van der Waals surface area contributed by atoms with E-state index in [0.717, 1.165) is 11.3 Å². The van der Waals surface area contributed by atoms with E-state index in [-0.39, 0.29) is 4.21 Å². The van der Waals surface area contributed by atoms with Crippen molar-refractivity contribution in [3.8, 4) is 6.07 Å². The van der Waals surface area contributed by atoms with E-state index in [1.54, 1.807) is 11.9 Å². The minimum atomic E-state index is -3.67. The maximum absolute atomic E-state index is 11.0. The fourth-order valence-corrected chi connectivity index (χ4v) is 2.40. The predicted molar refractivity (Wildman–Crippen MR) is 57.0 cm³/mol. The monoisotopic (exact) mass is 246 g/mol. The second-order valence-electron chi connectivity index (χ2n) is 2.84. The number of hydrogen-bond acceptors (Lipinski definition) is 6. The quantitative estimate of drug-likeness (QED) is 0.814. The van der Waals surface area contributed by atoms with Crippen LogP contribution in [0.2, 0.25) is 0 Å². The Labute approximate surface area is 92.0 Å². The van der Waals surface area contributed by atoms with E-state index >= 15 is 0 Å². The smallest absolute Gasteiger partial charge is 0.249 e. The molecule has 0 aliphatic heterocycles. The van der Waals surface area contributed by atoms with Crippen molar-refractivity contribution in [2.24, 2.45) is 5.14 Å². The van der Waals surface area contributed by atoms with Crippen molar-refractivity contribution in [2.45, 2.75) is 10.6 Å². The molecular weight excluding hydrogens is 236 g/mol. The molecule has 0 saturated carbocycles. The summed E-state index contributed by atoms with van der Waals surface area (Å²) in [6, 6.07) is 2.00. The van der Waals surface area contributed by atoms with Gasteiger partial charge in [-0.1, -0.05) is 11.3 Å². The first-order chi connectivity index (χ1) is 6.95. The zero-order valence-electron chi connectivity index (χ0n) is 8.04. The molecule has 0 radical (unpaired) electrons. The third-order valence-corrected chi connectivity index (χ3v) is 4.16. The van der Waals surface area contributed by atoms with Crippen molar-refractivity contribution in [3.63, 3.8) is 0 Å². The van der Waals surface area contributed by atoms with E-state index in [1.165, 1.54) is 6.20 Å². The van der Waals surface area contributed by atoms with Crippen molar-refractivity contribution in [1.82, 2.24) is 4.98 Å². The zero-order valence-corrected chi connectivity index (χ0v) is 9.68. The summed E-state index contributed by atoms with van der Waals surface area (Å²) in [6.45, 7) is 0.508. The third kappa shape index (κ3) is 3.16. The SMILES string of the molecule is CN(CCC#N)c1ncc(S(N)(=O)=O)s1. The van der Waals surface area contributed by atoms with Gasteiger partial charge >= 0.3 is 0 Å². The largest absolute Gasteiger partial charge is 0.350 e. The van der Waals surface area contributed by atoms with Crippen LogP contribution in [0, 0.1) is 11.3 Å². The molecule has 0 amide bonds. The lowest BCUT2D eigenvalue weighted by molar-refractivity contribution is 0.599. The highest BCUT2D eigenvalue weighted by Crippen LogP contribution is 2.24. The van der Waals surface area contributed by atoms with Gasteiger partial charge in [-0.2, -0.15) is 5.26 Å². The molecule has 0 saturated heterocycles. The molecule has 8 heteroatoms. The molecule has 2 N–H and O–H groups in total. The van der Waals surface area contributed by atoms with Crippen LogP contribution in [-0.2, 0) is 10.0 Å². The van der Waals surface area contributed by atoms with Crippen molar-refractivity contribution in [2.75, 3.05) is 18.5 Å². The molecule has 15 heavy (non-hydrogen) atoms. The van der Waals surface area contributed by atoms with Crippen LogP contribution < -0.4 is 10.0 Å². The summed E-state index contributed by atoms with van der Waals surface area (Å²) >= 11 is 0.991. The topological polar surface area (TPSA) is 100 Å². The maximum atomic E-state index is 11.0. The van der Waals surface area contributed by atoms with Crippen LogP contribution in [0.3, 0.4) is 0 Å². The summed E-state index contributed by atoms with van der Waals surface area (Å²) in [5.74, 6) is 0. The van der Waals surface area contributed by atoms with Gasteiger partial charge in [-0.25, -0.2) is 18.5 Å². The van der Waals surface area contributed by atoms with Gasteiger partial charge in [0.2, 0.25) is 10.0 Å². The average Bonchev–Trinajstić information content (AvgIpc) is 2.62. The Morgan fingerprint density at radius 3 is 2.87 bits per heavy atom. The molecule has 82 valence electrons. The van der Waals surface area contributed by atoms with E-state index < -0.39 is 10.0 Å². The number of nitrogens with zero attached hydrogens (tertiary/aromatic N) is 3. The molecule has 0 atom stereocenters. The molecule has 6 nitrogen and oxygen atoms in total. The highest BCUT2D eigenvalue weighted by molar-refractivity contribution is 7.91. The molecule has 1 aromatic heterocycles. The van der Waals surface area contributed by atoms with Gasteiger partial charge < -0.3 is 4.90 Å². The van der Waals surface area contributed by atoms with E-state index in [0.29, 0.717) is 18.1 Å². The number of nitriles is 1. The zero-order chi connectivity index (χ0) is 11.5. The summed E-state index contributed by atoms with van der Waals surface area (Å²) in [7, 11) is -1.93. The number of rotatable bonds is 4. The van der Waals surface area contributed by atoms with Crippen LogP contribution in [0.1, 0.15) is 6.42 Å². The number of thiazole rings is 1. The number of aromatic nitrogens is 1. The second kappa shape index (κ2) is 4.57. The summed E-state index contributed by atoms with van der Waals surface area (Å²) in [6.07, 6.45) is 1.58. The lowest BCUT2D eigenvalue weighted by atomic mass is 10.4. The van der Waals surface area contributed by atoms with Gasteiger partial charge in [0, 0.05) is 13.6 Å². The lowest BCUT2D eigenvalue weighted by Gasteiger charge is -2.12. The van der Waals surface area contributed by atoms with Crippen LogP contribution in [0.25, 0.3) is 0 Å². The number of nitrogens with two attached hydrogens (primary N) is 1. The summed E-state index contributed by atoms with van der Waals surface area (Å²) in [5.41, 5.74) is 0. The predicted octanol–water partition coefficient (Wildman–Crippen LogP) is 0.140. The first-order valence-corrected chi connectivity index (χ1v) is 6.38. The molecular formula is C7H10N4O2S2. The molecule has 0 aliphatic rings. The Morgan fingerprint density at radius 2 is 2.40 bits per heavy atom. The van der Waals surface area contributed by atoms with E-state index in [2.05, 4.69) is 4.98 Å². The fourth-order valence-electron chi connectivity index (χ4n) is 0.872. The molecule has 0 fully saturated rings. The molecule has 0 spiro atoms. The van der Waals surface area contributed by atoms with Crippen molar-refractivity contribution in [3.05, 3.63) is 6.20 Å². The van der Waals surface area contributed by atoms with Crippen LogP contribution in [0.4, 0.5) is 5.13 Å². The Hall–Kier alpha value is -1.17. The Morgan fingerprint density at radius 1 is 1.73 bits per heavy atom. The summed E-state index contributed by atoms with van der Waals surface area (Å²) in [4.78, 5) is 5.62. The molecule has 1 rings (SSSR count). The number of anilines is 1. The third-order valence-electron chi connectivity index (χ3n) is 1.64. The van der Waals surface area contributed by atoms with Crippen LogP contribution in [-0.4, -0.2) is 27.0 Å². The van der Waals surface area contributed by atoms with E-state index in [4.69, 9.17) is 10.4 Å². The van der Waals surface area contributed by atoms with E-state index in [1.807, 2.05) is 6.07 Å². The molecule has 1 heterocycles. The lowest BCUT2D eigenvalue weighted by Crippen LogP contribution is -2.17. The van der Waals surface area contributed by atoms with Gasteiger partial charge in [0.25, 0.3) is 0 Å². The molecule has 0 unspecified atom stereocenters. The van der Waals surface area contributed by atoms with Crippen molar-refractivity contribution < 1.29 is 8.42 Å². The summed E-state index contributed by atoms with van der Waals surface area (Å²) in [5, 5.41) is 13.9. The highest BCUT2D eigenvalue weighted by atomic mass is 32.2. The molecule has 0 aliphatic carbocycles. The minimum absolute atomic E-state index is 0.0290. The summed E-state index contributed by atoms with van der Waals surface area (Å²) < 4.78 is 21.9. The Kier molecular flexibility index (Phi) is 3.62. The number of sulfonamides is 1. The number of hydrogen-bond donors (Lipinski definition) is 1. The number of primary sulfonamides is 1. The van der Waals surface area contributed by atoms with Crippen molar-refractivity contribution >= 4 is 26.5 Å². The molecule has 1 aromatic rings. The second-order valence-corrected chi connectivity index (χ2v) is 5.63. The molecule has 0 aromatic carbocycles. The normalized spacial score (nSPS) is 11.0. The van der Waals surface area contributed by atoms with Gasteiger partial charge in [0.05, 0.1) is 18.7 Å². The standard InChI is InChI=1S/C7H10N4O2S2/c1-11(4-2-3-8)7-10-5-6(14-7)15(9,12)13/h5H,2,4H2,1H3,(H2,9,12,13). The fraction of sp³-hybridized carbons (Fsp3) is 0.429. The average molecular weight is 246 g/mol. The van der Waals surface area contributed by atoms with Crippen LogP contribution in [0.5, 0.6) is 0 Å². The van der Waals surface area contributed by atoms with Crippen LogP contribution in [0.15, 0.2) is 10.4 Å². The van der Waals surface area contributed by atoms with Gasteiger partial charge in [0.15, 0.2) is 9.34 Å². The van der Waals surface area contributed by atoms with E-state index in [9.17, 15) is 8.42 Å². The van der Waals surface area contributed by atoms with Gasteiger partial charge in [-0.05, 0) is 0 Å². The van der Waals surface area contributed by atoms with Gasteiger partial charge in [-0.15, -0.1) is 0 Å². The first kappa shape index (κ1) is 11.9. The van der Waals surface area contributed by atoms with Crippen LogP contribution >= 0.6 is 11.3 Å². The first-order valence-electron chi connectivity index (χ1n) is 4.02. The van der Waals surface area contributed by atoms with Crippen molar-refractivity contribution in [1.29, 1.82) is 5.26 Å². The Balaban J connectivity index is 2.81. The molecule has 0 bridgehead atoms. The Bertz CT molecular complexity index is 473. The maximum Gasteiger partial charge on any atom is 0.249 e. The van der Waals surface area contributed by atoms with Gasteiger partial charge in [0.1, 0.15) is 0 Å². The highest BCUT2D eigenvalue weighted by Gasteiger charge is 2.14. The minimum Gasteiger partial charge on any atom is -0.350 e. The van der Waals surface area contributed by atoms with Gasteiger partial charge in [-0.3, -0.25) is 0 Å².